The zero-order valence-electron chi connectivity index (χ0n) is 17.5. The monoisotopic (exact) mass is 452 g/mol. The lowest BCUT2D eigenvalue weighted by Crippen LogP contribution is -2.39. The van der Waals surface area contributed by atoms with Gasteiger partial charge in [-0.1, -0.05) is 30.1 Å². The second kappa shape index (κ2) is 9.10. The van der Waals surface area contributed by atoms with Crippen molar-refractivity contribution in [3.05, 3.63) is 66.0 Å². The Hall–Kier alpha value is -1.86. The molecule has 1 aliphatic rings. The van der Waals surface area contributed by atoms with E-state index in [9.17, 15) is 14.7 Å². The number of aromatic amines is 1. The van der Waals surface area contributed by atoms with Crippen LogP contribution in [0, 0.1) is 19.8 Å². The van der Waals surface area contributed by atoms with Crippen molar-refractivity contribution in [2.24, 2.45) is 5.92 Å². The fourth-order valence-corrected chi connectivity index (χ4v) is 4.71. The number of carbonyl (C=O) groups is 1. The fourth-order valence-electron chi connectivity index (χ4n) is 4.05. The molecule has 1 aromatic heterocycles. The average Bonchev–Trinajstić information content (AvgIpc) is 2.69. The molecule has 1 aromatic carbocycles. The number of rotatable bonds is 6. The number of carbonyl (C=O) groups excluding carboxylic acids is 1. The van der Waals surface area contributed by atoms with Gasteiger partial charge in [-0.15, -0.1) is 0 Å². The number of ether oxygens (including phenoxy) is 1. The molecular weight excluding hydrogens is 427 g/mol. The van der Waals surface area contributed by atoms with E-state index in [2.05, 4.69) is 4.98 Å². The van der Waals surface area contributed by atoms with Crippen molar-refractivity contribution in [2.75, 3.05) is 20.3 Å². The van der Waals surface area contributed by atoms with Crippen LogP contribution in [-0.4, -0.2) is 41.2 Å². The zero-order chi connectivity index (χ0) is 22.2. The first-order valence-electron chi connectivity index (χ1n) is 9.82. The quantitative estimate of drug-likeness (QED) is 0.697. The van der Waals surface area contributed by atoms with Crippen molar-refractivity contribution in [3.63, 3.8) is 0 Å². The molecule has 1 unspecified atom stereocenters. The maximum atomic E-state index is 13.4. The summed E-state index contributed by atoms with van der Waals surface area (Å²) in [7, 11) is 1.53. The summed E-state index contributed by atoms with van der Waals surface area (Å²) in [5.74, 6) is -0.499. The first-order chi connectivity index (χ1) is 14.2. The van der Waals surface area contributed by atoms with Gasteiger partial charge >= 0.3 is 0 Å². The highest BCUT2D eigenvalue weighted by molar-refractivity contribution is 6.37. The minimum Gasteiger partial charge on any atom is -0.396 e. The number of hydrogen-bond acceptors (Lipinski definition) is 4. The molecule has 0 bridgehead atoms. The number of methoxy groups -OCH3 is 1. The highest BCUT2D eigenvalue weighted by atomic mass is 35.5. The number of halogens is 2. The molecule has 2 N–H and O–H groups in total. The van der Waals surface area contributed by atoms with Gasteiger partial charge in [0.2, 0.25) is 0 Å². The molecule has 1 aliphatic heterocycles. The van der Waals surface area contributed by atoms with Crippen LogP contribution in [0.3, 0.4) is 0 Å². The van der Waals surface area contributed by atoms with E-state index in [4.69, 9.17) is 27.9 Å². The summed E-state index contributed by atoms with van der Waals surface area (Å²) < 4.78 is 5.54. The molecule has 0 fully saturated rings. The summed E-state index contributed by atoms with van der Waals surface area (Å²) in [4.78, 5) is 30.2. The number of nitrogens with one attached hydrogen (secondary N) is 1. The van der Waals surface area contributed by atoms with E-state index in [1.54, 1.807) is 11.0 Å². The molecule has 6 nitrogen and oxygen atoms in total. The van der Waals surface area contributed by atoms with Crippen LogP contribution in [0.2, 0.25) is 10.0 Å². The first-order valence-corrected chi connectivity index (χ1v) is 10.6. The van der Waals surface area contributed by atoms with E-state index in [1.165, 1.54) is 7.11 Å². The van der Waals surface area contributed by atoms with Crippen molar-refractivity contribution in [1.82, 2.24) is 9.88 Å². The molecule has 0 saturated carbocycles. The number of hydrogen-bond donors (Lipinski definition) is 2. The van der Waals surface area contributed by atoms with Gasteiger partial charge < -0.3 is 19.7 Å². The fraction of sp³-hybridized carbons (Fsp3) is 0.455. The van der Waals surface area contributed by atoms with Crippen LogP contribution in [0.4, 0.5) is 0 Å². The molecule has 8 heteroatoms. The molecular formula is C22H26Cl2N2O4. The molecule has 0 saturated heterocycles. The predicted octanol–water partition coefficient (Wildman–Crippen LogP) is 3.81. The Balaban J connectivity index is 2.03. The number of aryl methyl sites for hydroxylation is 2. The number of aromatic nitrogens is 1. The number of aliphatic hydroxyl groups is 1. The number of pyridine rings is 1. The molecule has 0 radical (unpaired) electrons. The number of benzene rings is 1. The van der Waals surface area contributed by atoms with Crippen molar-refractivity contribution in [2.45, 2.75) is 39.8 Å². The molecule has 0 aliphatic carbocycles. The maximum absolute atomic E-state index is 13.4. The Labute approximate surface area is 185 Å². The predicted molar refractivity (Wildman–Crippen MR) is 117 cm³/mol. The molecule has 3 rings (SSSR count). The number of fused-ring (bicyclic) bond motifs is 1. The van der Waals surface area contributed by atoms with Crippen molar-refractivity contribution < 1.29 is 14.6 Å². The van der Waals surface area contributed by atoms with Gasteiger partial charge in [0.1, 0.15) is 0 Å². The van der Waals surface area contributed by atoms with Gasteiger partial charge in [-0.2, -0.15) is 0 Å². The number of amides is 1. The van der Waals surface area contributed by atoms with Crippen molar-refractivity contribution >= 4 is 29.1 Å². The van der Waals surface area contributed by atoms with Gasteiger partial charge in [-0.3, -0.25) is 9.59 Å². The molecule has 162 valence electrons. The second-order valence-electron chi connectivity index (χ2n) is 7.85. The Morgan fingerprint density at radius 2 is 1.97 bits per heavy atom. The van der Waals surface area contributed by atoms with Crippen LogP contribution in [0.1, 0.15) is 51.3 Å². The van der Waals surface area contributed by atoms with Gasteiger partial charge in [-0.25, -0.2) is 0 Å². The van der Waals surface area contributed by atoms with E-state index in [-0.39, 0.29) is 35.6 Å². The number of nitrogens with zero attached hydrogens (tertiary/aromatic N) is 1. The molecule has 2 aromatic rings. The Morgan fingerprint density at radius 3 is 2.57 bits per heavy atom. The minimum absolute atomic E-state index is 0.0981. The van der Waals surface area contributed by atoms with E-state index in [0.717, 1.165) is 11.3 Å². The highest BCUT2D eigenvalue weighted by Gasteiger charge is 2.33. The Morgan fingerprint density at radius 1 is 1.27 bits per heavy atom. The third-order valence-corrected chi connectivity index (χ3v) is 6.43. The second-order valence-corrected chi connectivity index (χ2v) is 8.64. The van der Waals surface area contributed by atoms with Crippen LogP contribution < -0.4 is 5.56 Å². The van der Waals surface area contributed by atoms with Crippen molar-refractivity contribution in [1.29, 1.82) is 0 Å². The summed E-state index contributed by atoms with van der Waals surface area (Å²) in [6.07, 6.45) is 0.0336. The van der Waals surface area contributed by atoms with Gasteiger partial charge in [0, 0.05) is 48.0 Å². The average molecular weight is 453 g/mol. The van der Waals surface area contributed by atoms with Crippen molar-refractivity contribution in [3.8, 4) is 0 Å². The lowest BCUT2D eigenvalue weighted by atomic mass is 9.90. The van der Waals surface area contributed by atoms with Crippen LogP contribution in [0.15, 0.2) is 16.9 Å². The van der Waals surface area contributed by atoms with Crippen LogP contribution in [0.25, 0.3) is 0 Å². The highest BCUT2D eigenvalue weighted by Crippen LogP contribution is 2.40. The number of H-pyrrole nitrogens is 1. The topological polar surface area (TPSA) is 82.6 Å². The normalized spacial score (nSPS) is 15.8. The Bertz CT molecular complexity index is 1030. The summed E-state index contributed by atoms with van der Waals surface area (Å²) >= 11 is 13.2. The lowest BCUT2D eigenvalue weighted by molar-refractivity contribution is 0.0328. The smallest absolute Gasteiger partial charge is 0.256 e. The summed E-state index contributed by atoms with van der Waals surface area (Å²) in [5, 5.41) is 10.3. The minimum atomic E-state index is -0.504. The van der Waals surface area contributed by atoms with Gasteiger partial charge in [0.25, 0.3) is 11.5 Å². The van der Waals surface area contributed by atoms with E-state index in [1.807, 2.05) is 26.8 Å². The van der Waals surface area contributed by atoms with E-state index < -0.39 is 6.10 Å². The third kappa shape index (κ3) is 4.14. The summed E-state index contributed by atoms with van der Waals surface area (Å²) in [5.41, 5.74) is 3.60. The summed E-state index contributed by atoms with van der Waals surface area (Å²) in [6, 6.07) is 3.61. The molecule has 30 heavy (non-hydrogen) atoms. The molecule has 0 spiro atoms. The van der Waals surface area contributed by atoms with Crippen LogP contribution >= 0.6 is 23.2 Å². The standard InChI is InChI=1S/C22H26Cl2N2O4/c1-11-7-13(3)25-21(28)16(11)9-26-6-5-14-17(23)8-15(19(24)18(14)22(26)29)20(30-4)12(2)10-27/h7-8,12,20,27H,5-6,9-10H2,1-4H3,(H,25,28)/t12-,20?/m0/s1. The van der Waals surface area contributed by atoms with Gasteiger partial charge in [-0.05, 0) is 43.5 Å². The van der Waals surface area contributed by atoms with Gasteiger partial charge in [0.15, 0.2) is 0 Å². The van der Waals surface area contributed by atoms with E-state index >= 15 is 0 Å². The zero-order valence-corrected chi connectivity index (χ0v) is 19.0. The molecule has 1 amide bonds. The maximum Gasteiger partial charge on any atom is 0.256 e. The van der Waals surface area contributed by atoms with Crippen LogP contribution in [-0.2, 0) is 17.7 Å². The third-order valence-electron chi connectivity index (χ3n) is 5.69. The van der Waals surface area contributed by atoms with Gasteiger partial charge in [0.05, 0.1) is 23.2 Å². The SMILES string of the molecule is COC(c1cc(Cl)c2c(c1Cl)C(=O)N(Cc1c(C)cc(C)[nH]c1=O)CC2)[C@@H](C)CO. The molecule has 2 atom stereocenters. The van der Waals surface area contributed by atoms with E-state index in [0.29, 0.717) is 40.2 Å². The lowest BCUT2D eigenvalue weighted by Gasteiger charge is -2.32. The molecule has 2 heterocycles. The van der Waals surface area contributed by atoms with Crippen LogP contribution in [0.5, 0.6) is 0 Å². The largest absolute Gasteiger partial charge is 0.396 e. The summed E-state index contributed by atoms with van der Waals surface area (Å²) in [6.45, 7) is 6.05. The Kier molecular flexibility index (Phi) is 6.92. The first kappa shape index (κ1) is 22.8. The number of aliphatic hydroxyl groups excluding tert-OH is 1.